The molecule has 0 aliphatic rings. The Kier molecular flexibility index (Phi) is 10.8. The van der Waals surface area contributed by atoms with Gasteiger partial charge < -0.3 is 15.0 Å². The number of likely N-dealkylation sites (N-methyl/N-ethyl adjacent to an activating group) is 1. The van der Waals surface area contributed by atoms with Crippen molar-refractivity contribution < 1.29 is 22.7 Å². The Morgan fingerprint density at radius 3 is 2.21 bits per heavy atom. The van der Waals surface area contributed by atoms with Crippen LogP contribution in [0, 0.1) is 0 Å². The number of sulfonamides is 1. The molecule has 39 heavy (non-hydrogen) atoms. The number of carbonyl (C=O) groups excluding carboxylic acids is 2. The SMILES string of the molecule is CCNC(=O)C(C)N(Cc1ccccc1)C(=O)CN(c1ccccc1OCC)S(=O)(=O)c1ccc(SC)cc1. The summed E-state index contributed by atoms with van der Waals surface area (Å²) in [5.41, 5.74) is 1.06. The van der Waals surface area contributed by atoms with E-state index in [2.05, 4.69) is 5.32 Å². The first kappa shape index (κ1) is 30.0. The monoisotopic (exact) mass is 569 g/mol. The topological polar surface area (TPSA) is 96.0 Å². The van der Waals surface area contributed by atoms with E-state index in [1.165, 1.54) is 28.8 Å². The molecule has 1 N–H and O–H groups in total. The van der Waals surface area contributed by atoms with E-state index in [-0.39, 0.29) is 23.0 Å². The number of para-hydroxylation sites is 2. The fourth-order valence-corrected chi connectivity index (χ4v) is 5.85. The maximum atomic E-state index is 14.0. The molecular formula is C29H35N3O5S2. The maximum Gasteiger partial charge on any atom is 0.264 e. The molecule has 0 saturated carbocycles. The molecule has 0 fully saturated rings. The number of amides is 2. The second kappa shape index (κ2) is 14.0. The molecule has 0 bridgehead atoms. The van der Waals surface area contributed by atoms with E-state index in [9.17, 15) is 18.0 Å². The summed E-state index contributed by atoms with van der Waals surface area (Å²) < 4.78 is 34.9. The molecule has 0 heterocycles. The van der Waals surface area contributed by atoms with Gasteiger partial charge in [0.1, 0.15) is 18.3 Å². The van der Waals surface area contributed by atoms with Gasteiger partial charge in [-0.25, -0.2) is 8.42 Å². The van der Waals surface area contributed by atoms with Crippen LogP contribution in [-0.4, -0.2) is 57.1 Å². The van der Waals surface area contributed by atoms with Crippen molar-refractivity contribution in [3.8, 4) is 5.75 Å². The van der Waals surface area contributed by atoms with Crippen molar-refractivity contribution in [1.29, 1.82) is 0 Å². The summed E-state index contributed by atoms with van der Waals surface area (Å²) in [6, 6.07) is 21.7. The van der Waals surface area contributed by atoms with Gasteiger partial charge in [0.25, 0.3) is 10.0 Å². The van der Waals surface area contributed by atoms with Crippen molar-refractivity contribution >= 4 is 39.3 Å². The fourth-order valence-electron chi connectivity index (χ4n) is 4.01. The van der Waals surface area contributed by atoms with E-state index in [0.29, 0.717) is 18.9 Å². The van der Waals surface area contributed by atoms with Gasteiger partial charge in [0.05, 0.1) is 17.2 Å². The summed E-state index contributed by atoms with van der Waals surface area (Å²) in [5.74, 6) is -0.504. The number of carbonyl (C=O) groups is 2. The van der Waals surface area contributed by atoms with Gasteiger partial charge in [-0.15, -0.1) is 11.8 Å². The number of thioether (sulfide) groups is 1. The van der Waals surface area contributed by atoms with Crippen LogP contribution in [0.5, 0.6) is 5.75 Å². The Hall–Kier alpha value is -3.50. The van der Waals surface area contributed by atoms with Gasteiger partial charge in [0, 0.05) is 18.0 Å². The lowest BCUT2D eigenvalue weighted by Gasteiger charge is -2.32. The lowest BCUT2D eigenvalue weighted by atomic mass is 10.1. The van der Waals surface area contributed by atoms with E-state index >= 15 is 0 Å². The molecule has 0 aliphatic heterocycles. The first-order valence-electron chi connectivity index (χ1n) is 12.7. The molecule has 10 heteroatoms. The standard InChI is InChI=1S/C29H35N3O5S2/c1-5-30-29(34)22(3)31(20-23-12-8-7-9-13-23)28(33)21-32(26-14-10-11-15-27(26)37-6-2)39(35,36)25-18-16-24(38-4)17-19-25/h7-19,22H,5-6,20-21H2,1-4H3,(H,30,34). The molecule has 0 aromatic heterocycles. The molecule has 208 valence electrons. The minimum absolute atomic E-state index is 0.0470. The Morgan fingerprint density at radius 1 is 0.949 bits per heavy atom. The largest absolute Gasteiger partial charge is 0.492 e. The van der Waals surface area contributed by atoms with E-state index in [0.717, 1.165) is 14.8 Å². The van der Waals surface area contributed by atoms with Crippen LogP contribution in [0.3, 0.4) is 0 Å². The van der Waals surface area contributed by atoms with Gasteiger partial charge in [-0.05, 0) is 69.0 Å². The van der Waals surface area contributed by atoms with Gasteiger partial charge in [0.2, 0.25) is 11.8 Å². The van der Waals surface area contributed by atoms with E-state index in [1.54, 1.807) is 57.2 Å². The number of nitrogens with zero attached hydrogens (tertiary/aromatic N) is 2. The highest BCUT2D eigenvalue weighted by Gasteiger charge is 2.33. The first-order chi connectivity index (χ1) is 18.7. The molecule has 0 spiro atoms. The van der Waals surface area contributed by atoms with Crippen molar-refractivity contribution in [2.45, 2.75) is 43.1 Å². The number of ether oxygens (including phenoxy) is 1. The van der Waals surface area contributed by atoms with Crippen LogP contribution in [0.25, 0.3) is 0 Å². The molecule has 2 amide bonds. The first-order valence-corrected chi connectivity index (χ1v) is 15.4. The third-order valence-electron chi connectivity index (χ3n) is 6.07. The number of hydrogen-bond acceptors (Lipinski definition) is 6. The minimum atomic E-state index is -4.18. The van der Waals surface area contributed by atoms with Crippen molar-refractivity contribution in [3.63, 3.8) is 0 Å². The molecule has 0 radical (unpaired) electrons. The second-order valence-corrected chi connectivity index (χ2v) is 11.4. The van der Waals surface area contributed by atoms with Crippen LogP contribution in [0.15, 0.2) is 88.7 Å². The zero-order valence-corrected chi connectivity index (χ0v) is 24.3. The number of anilines is 1. The molecule has 3 rings (SSSR count). The highest BCUT2D eigenvalue weighted by atomic mass is 32.2. The minimum Gasteiger partial charge on any atom is -0.492 e. The Bertz CT molecular complexity index is 1350. The quantitative estimate of drug-likeness (QED) is 0.303. The summed E-state index contributed by atoms with van der Waals surface area (Å²) >= 11 is 1.50. The average molecular weight is 570 g/mol. The summed E-state index contributed by atoms with van der Waals surface area (Å²) in [7, 11) is -4.18. The second-order valence-electron chi connectivity index (χ2n) is 8.67. The molecule has 0 aliphatic carbocycles. The van der Waals surface area contributed by atoms with E-state index < -0.39 is 28.5 Å². The van der Waals surface area contributed by atoms with Gasteiger partial charge in [-0.3, -0.25) is 13.9 Å². The third-order valence-corrected chi connectivity index (χ3v) is 8.59. The average Bonchev–Trinajstić information content (AvgIpc) is 2.95. The maximum absolute atomic E-state index is 14.0. The molecule has 8 nitrogen and oxygen atoms in total. The smallest absolute Gasteiger partial charge is 0.264 e. The van der Waals surface area contributed by atoms with Crippen LogP contribution in [-0.2, 0) is 26.2 Å². The number of benzene rings is 3. The van der Waals surface area contributed by atoms with Crippen LogP contribution >= 0.6 is 11.8 Å². The summed E-state index contributed by atoms with van der Waals surface area (Å²) in [4.78, 5) is 29.1. The van der Waals surface area contributed by atoms with Crippen LogP contribution in [0.2, 0.25) is 0 Å². The number of rotatable bonds is 13. The Morgan fingerprint density at radius 2 is 1.59 bits per heavy atom. The van der Waals surface area contributed by atoms with Crippen molar-refractivity contribution in [2.75, 3.05) is 30.3 Å². The molecule has 3 aromatic carbocycles. The molecule has 3 aromatic rings. The molecule has 1 atom stereocenters. The van der Waals surface area contributed by atoms with Crippen LogP contribution in [0.1, 0.15) is 26.3 Å². The zero-order valence-electron chi connectivity index (χ0n) is 22.7. The van der Waals surface area contributed by atoms with Crippen molar-refractivity contribution in [3.05, 3.63) is 84.4 Å². The lowest BCUT2D eigenvalue weighted by Crippen LogP contribution is -2.51. The summed E-state index contributed by atoms with van der Waals surface area (Å²) in [6.45, 7) is 5.59. The highest BCUT2D eigenvalue weighted by Crippen LogP contribution is 2.33. The van der Waals surface area contributed by atoms with Crippen molar-refractivity contribution in [2.24, 2.45) is 0 Å². The molecule has 1 unspecified atom stereocenters. The highest BCUT2D eigenvalue weighted by molar-refractivity contribution is 7.98. The summed E-state index contributed by atoms with van der Waals surface area (Å²) in [6.07, 6.45) is 1.91. The van der Waals surface area contributed by atoms with Crippen molar-refractivity contribution in [1.82, 2.24) is 10.2 Å². The fraction of sp³-hybridized carbons (Fsp3) is 0.310. The normalized spacial score (nSPS) is 11.9. The van der Waals surface area contributed by atoms with Gasteiger partial charge >= 0.3 is 0 Å². The predicted octanol–water partition coefficient (Wildman–Crippen LogP) is 4.56. The molecule has 0 saturated heterocycles. The number of hydrogen-bond donors (Lipinski definition) is 1. The number of nitrogens with one attached hydrogen (secondary N) is 1. The van der Waals surface area contributed by atoms with Gasteiger partial charge in [0.15, 0.2) is 0 Å². The van der Waals surface area contributed by atoms with E-state index in [4.69, 9.17) is 4.74 Å². The molecular weight excluding hydrogens is 534 g/mol. The van der Waals surface area contributed by atoms with E-state index in [1.807, 2.05) is 36.6 Å². The van der Waals surface area contributed by atoms with Crippen LogP contribution < -0.4 is 14.4 Å². The van der Waals surface area contributed by atoms with Crippen LogP contribution in [0.4, 0.5) is 5.69 Å². The Balaban J connectivity index is 2.07. The Labute approximate surface area is 235 Å². The zero-order chi connectivity index (χ0) is 28.4. The third kappa shape index (κ3) is 7.54. The van der Waals surface area contributed by atoms with Gasteiger partial charge in [-0.2, -0.15) is 0 Å². The van der Waals surface area contributed by atoms with Gasteiger partial charge in [-0.1, -0.05) is 42.5 Å². The lowest BCUT2D eigenvalue weighted by molar-refractivity contribution is -0.139. The predicted molar refractivity (Wildman–Crippen MR) is 156 cm³/mol. The summed E-state index contributed by atoms with van der Waals surface area (Å²) in [5, 5.41) is 2.76.